The highest BCUT2D eigenvalue weighted by Gasteiger charge is 2.11. The monoisotopic (exact) mass is 301 g/mol. The lowest BCUT2D eigenvalue weighted by molar-refractivity contribution is 0.415. The summed E-state index contributed by atoms with van der Waals surface area (Å²) in [7, 11) is 3.47. The van der Waals surface area contributed by atoms with Crippen molar-refractivity contribution >= 4 is 0 Å². The molecule has 0 amide bonds. The summed E-state index contributed by atoms with van der Waals surface area (Å²) >= 11 is 0. The van der Waals surface area contributed by atoms with Crippen LogP contribution < -0.4 is 15.6 Å². The Morgan fingerprint density at radius 1 is 1.27 bits per heavy atom. The van der Waals surface area contributed by atoms with Gasteiger partial charge in [0, 0.05) is 24.2 Å². The van der Waals surface area contributed by atoms with Crippen molar-refractivity contribution in [3.05, 3.63) is 46.2 Å². The van der Waals surface area contributed by atoms with E-state index in [0.29, 0.717) is 19.0 Å². The van der Waals surface area contributed by atoms with Crippen LogP contribution in [-0.4, -0.2) is 23.9 Å². The molecule has 0 aliphatic rings. The van der Waals surface area contributed by atoms with Gasteiger partial charge in [0.2, 0.25) is 0 Å². The van der Waals surface area contributed by atoms with Crippen LogP contribution in [0.25, 0.3) is 11.3 Å². The molecule has 0 unspecified atom stereocenters. The van der Waals surface area contributed by atoms with E-state index in [-0.39, 0.29) is 5.56 Å². The lowest BCUT2D eigenvalue weighted by atomic mass is 10.1. The summed E-state index contributed by atoms with van der Waals surface area (Å²) in [5.41, 5.74) is 2.47. The average molecular weight is 301 g/mol. The lowest BCUT2D eigenvalue weighted by Crippen LogP contribution is -2.30. The molecule has 2 rings (SSSR count). The first-order chi connectivity index (χ1) is 10.5. The minimum atomic E-state index is -0.0275. The summed E-state index contributed by atoms with van der Waals surface area (Å²) in [4.78, 5) is 12.4. The van der Waals surface area contributed by atoms with E-state index in [9.17, 15) is 4.79 Å². The maximum absolute atomic E-state index is 12.4. The summed E-state index contributed by atoms with van der Waals surface area (Å²) in [6.07, 6.45) is 0. The van der Waals surface area contributed by atoms with E-state index in [2.05, 4.69) is 24.3 Å². The van der Waals surface area contributed by atoms with E-state index in [1.54, 1.807) is 11.8 Å². The molecule has 5 nitrogen and oxygen atoms in total. The Bertz CT molecular complexity index is 675. The van der Waals surface area contributed by atoms with Crippen LogP contribution in [0.15, 0.2) is 35.1 Å². The van der Waals surface area contributed by atoms with Gasteiger partial charge in [-0.1, -0.05) is 13.8 Å². The minimum Gasteiger partial charge on any atom is -0.497 e. The quantitative estimate of drug-likeness (QED) is 0.889. The fraction of sp³-hybridized carbons (Fsp3) is 0.412. The van der Waals surface area contributed by atoms with E-state index < -0.39 is 0 Å². The predicted octanol–water partition coefficient (Wildman–Crippen LogP) is 2.29. The highest BCUT2D eigenvalue weighted by molar-refractivity contribution is 5.60. The largest absolute Gasteiger partial charge is 0.497 e. The van der Waals surface area contributed by atoms with Gasteiger partial charge in [-0.25, -0.2) is 4.68 Å². The molecule has 1 aromatic carbocycles. The zero-order chi connectivity index (χ0) is 16.1. The molecule has 1 N–H and O–H groups in total. The van der Waals surface area contributed by atoms with E-state index in [0.717, 1.165) is 22.6 Å². The maximum atomic E-state index is 12.4. The Kier molecular flexibility index (Phi) is 5.33. The van der Waals surface area contributed by atoms with Gasteiger partial charge in [-0.15, -0.1) is 0 Å². The topological polar surface area (TPSA) is 56.1 Å². The zero-order valence-corrected chi connectivity index (χ0v) is 13.6. The first kappa shape index (κ1) is 16.2. The molecule has 22 heavy (non-hydrogen) atoms. The van der Waals surface area contributed by atoms with Crippen molar-refractivity contribution in [2.45, 2.75) is 26.9 Å². The van der Waals surface area contributed by atoms with Crippen LogP contribution in [0.3, 0.4) is 0 Å². The van der Waals surface area contributed by atoms with Gasteiger partial charge in [0.25, 0.3) is 5.56 Å². The van der Waals surface area contributed by atoms with Crippen LogP contribution in [0, 0.1) is 5.92 Å². The molecular weight excluding hydrogens is 278 g/mol. The third kappa shape index (κ3) is 3.74. The third-order valence-corrected chi connectivity index (χ3v) is 3.34. The van der Waals surface area contributed by atoms with Crippen molar-refractivity contribution in [3.63, 3.8) is 0 Å². The molecule has 0 spiro atoms. The summed E-state index contributed by atoms with van der Waals surface area (Å²) in [5.74, 6) is 1.16. The number of aromatic nitrogens is 2. The van der Waals surface area contributed by atoms with Crippen LogP contribution in [0.5, 0.6) is 5.75 Å². The van der Waals surface area contributed by atoms with Crippen molar-refractivity contribution in [1.82, 2.24) is 15.1 Å². The first-order valence-corrected chi connectivity index (χ1v) is 7.45. The van der Waals surface area contributed by atoms with E-state index in [1.807, 2.05) is 37.4 Å². The summed E-state index contributed by atoms with van der Waals surface area (Å²) in [5, 5.41) is 7.56. The molecule has 0 saturated carbocycles. The van der Waals surface area contributed by atoms with Gasteiger partial charge in [0.15, 0.2) is 0 Å². The second kappa shape index (κ2) is 7.22. The van der Waals surface area contributed by atoms with Gasteiger partial charge in [0.05, 0.1) is 12.8 Å². The minimum absolute atomic E-state index is 0.0275. The number of ether oxygens (including phenoxy) is 1. The van der Waals surface area contributed by atoms with Crippen molar-refractivity contribution in [2.75, 3.05) is 14.2 Å². The number of benzene rings is 1. The van der Waals surface area contributed by atoms with Gasteiger partial charge >= 0.3 is 0 Å². The smallest absolute Gasteiger partial charge is 0.271 e. The standard InChI is InChI=1S/C17H23N3O2/c1-12(2)11-20-17(21)14(10-18-3)9-16(19-20)13-5-7-15(22-4)8-6-13/h5-9,12,18H,10-11H2,1-4H3. The molecule has 1 aromatic heterocycles. The van der Waals surface area contributed by atoms with Crippen molar-refractivity contribution in [1.29, 1.82) is 0 Å². The Morgan fingerprint density at radius 3 is 2.50 bits per heavy atom. The van der Waals surface area contributed by atoms with E-state index >= 15 is 0 Å². The fourth-order valence-electron chi connectivity index (χ4n) is 2.29. The predicted molar refractivity (Wildman–Crippen MR) is 88.1 cm³/mol. The van der Waals surface area contributed by atoms with Gasteiger partial charge in [0.1, 0.15) is 5.75 Å². The maximum Gasteiger partial charge on any atom is 0.271 e. The number of rotatable bonds is 6. The molecule has 0 bridgehead atoms. The number of nitrogens with one attached hydrogen (secondary N) is 1. The Labute approximate surface area is 130 Å². The van der Waals surface area contributed by atoms with Gasteiger partial charge in [-0.2, -0.15) is 5.10 Å². The Balaban J connectivity index is 2.49. The molecule has 1 heterocycles. The van der Waals surface area contributed by atoms with E-state index in [1.165, 1.54) is 0 Å². The number of methoxy groups -OCH3 is 1. The lowest BCUT2D eigenvalue weighted by Gasteiger charge is -2.12. The molecule has 2 aromatic rings. The van der Waals surface area contributed by atoms with E-state index in [4.69, 9.17) is 4.74 Å². The SMILES string of the molecule is CNCc1cc(-c2ccc(OC)cc2)nn(CC(C)C)c1=O. The molecule has 5 heteroatoms. The average Bonchev–Trinajstić information content (AvgIpc) is 2.51. The molecule has 0 aliphatic carbocycles. The van der Waals surface area contributed by atoms with Crippen molar-refractivity contribution in [2.24, 2.45) is 5.92 Å². The van der Waals surface area contributed by atoms with Crippen LogP contribution in [0.1, 0.15) is 19.4 Å². The molecule has 0 saturated heterocycles. The summed E-state index contributed by atoms with van der Waals surface area (Å²) in [6.45, 7) is 5.29. The molecular formula is C17H23N3O2. The van der Waals surface area contributed by atoms with Gasteiger partial charge < -0.3 is 10.1 Å². The number of hydrogen-bond acceptors (Lipinski definition) is 4. The van der Waals surface area contributed by atoms with Crippen LogP contribution >= 0.6 is 0 Å². The van der Waals surface area contributed by atoms with Gasteiger partial charge in [-0.05, 0) is 43.3 Å². The third-order valence-electron chi connectivity index (χ3n) is 3.34. The molecule has 0 radical (unpaired) electrons. The molecule has 118 valence electrons. The number of hydrogen-bond donors (Lipinski definition) is 1. The second-order valence-corrected chi connectivity index (χ2v) is 5.69. The first-order valence-electron chi connectivity index (χ1n) is 7.45. The van der Waals surface area contributed by atoms with Crippen molar-refractivity contribution < 1.29 is 4.74 Å². The number of nitrogens with zero attached hydrogens (tertiary/aromatic N) is 2. The Hall–Kier alpha value is -2.14. The normalized spacial score (nSPS) is 11.0. The highest BCUT2D eigenvalue weighted by Crippen LogP contribution is 2.20. The van der Waals surface area contributed by atoms with Crippen LogP contribution in [0.4, 0.5) is 0 Å². The summed E-state index contributed by atoms with van der Waals surface area (Å²) < 4.78 is 6.74. The highest BCUT2D eigenvalue weighted by atomic mass is 16.5. The van der Waals surface area contributed by atoms with Crippen LogP contribution in [-0.2, 0) is 13.1 Å². The summed E-state index contributed by atoms with van der Waals surface area (Å²) in [6, 6.07) is 9.56. The van der Waals surface area contributed by atoms with Crippen LogP contribution in [0.2, 0.25) is 0 Å². The zero-order valence-electron chi connectivity index (χ0n) is 13.6. The molecule has 0 aliphatic heterocycles. The molecule has 0 fully saturated rings. The molecule has 0 atom stereocenters. The Morgan fingerprint density at radius 2 is 1.95 bits per heavy atom. The second-order valence-electron chi connectivity index (χ2n) is 5.69. The fourth-order valence-corrected chi connectivity index (χ4v) is 2.29. The van der Waals surface area contributed by atoms with Gasteiger partial charge in [-0.3, -0.25) is 4.79 Å². The van der Waals surface area contributed by atoms with Crippen molar-refractivity contribution in [3.8, 4) is 17.0 Å².